The van der Waals surface area contributed by atoms with Gasteiger partial charge in [-0.2, -0.15) is 0 Å². The van der Waals surface area contributed by atoms with Crippen LogP contribution < -0.4 is 5.73 Å². The van der Waals surface area contributed by atoms with E-state index >= 15 is 0 Å². The Morgan fingerprint density at radius 3 is 2.60 bits per heavy atom. The third kappa shape index (κ3) is 2.14. The Bertz CT molecular complexity index is 445. The molecule has 0 aromatic carbocycles. The van der Waals surface area contributed by atoms with Crippen molar-refractivity contribution < 1.29 is 0 Å². The van der Waals surface area contributed by atoms with Crippen LogP contribution in [-0.4, -0.2) is 9.97 Å². The van der Waals surface area contributed by atoms with E-state index in [0.717, 1.165) is 11.1 Å². The quantitative estimate of drug-likeness (QED) is 0.842. The molecule has 0 fully saturated rings. The van der Waals surface area contributed by atoms with E-state index in [4.69, 9.17) is 17.3 Å². The van der Waals surface area contributed by atoms with Gasteiger partial charge in [0.25, 0.3) is 0 Å². The minimum atomic E-state index is -0.255. The van der Waals surface area contributed by atoms with Crippen LogP contribution in [0.25, 0.3) is 0 Å². The van der Waals surface area contributed by atoms with Gasteiger partial charge in [0.2, 0.25) is 0 Å². The maximum absolute atomic E-state index is 6.06. The predicted octanol–water partition coefficient (Wildman–Crippen LogP) is 2.18. The van der Waals surface area contributed by atoms with Crippen LogP contribution in [0.5, 0.6) is 0 Å². The molecule has 0 saturated carbocycles. The van der Waals surface area contributed by atoms with Gasteiger partial charge in [-0.1, -0.05) is 17.7 Å². The Morgan fingerprint density at radius 2 is 1.93 bits per heavy atom. The summed E-state index contributed by atoms with van der Waals surface area (Å²) in [5.74, 6) is 0. The zero-order chi connectivity index (χ0) is 10.7. The number of nitrogens with two attached hydrogens (primary N) is 1. The molecule has 15 heavy (non-hydrogen) atoms. The highest BCUT2D eigenvalue weighted by molar-refractivity contribution is 6.31. The smallest absolute Gasteiger partial charge is 0.0640 e. The maximum atomic E-state index is 6.06. The summed E-state index contributed by atoms with van der Waals surface area (Å²) in [5.41, 5.74) is 7.86. The summed E-state index contributed by atoms with van der Waals surface area (Å²) in [6.07, 6.45) is 6.72. The first-order valence-corrected chi connectivity index (χ1v) is 4.92. The summed E-state index contributed by atoms with van der Waals surface area (Å²) < 4.78 is 0. The lowest BCUT2D eigenvalue weighted by Gasteiger charge is -2.12. The molecule has 3 nitrogen and oxygen atoms in total. The first-order valence-electron chi connectivity index (χ1n) is 4.54. The van der Waals surface area contributed by atoms with Crippen molar-refractivity contribution in [1.29, 1.82) is 0 Å². The van der Waals surface area contributed by atoms with E-state index in [0.29, 0.717) is 5.02 Å². The van der Waals surface area contributed by atoms with Crippen molar-refractivity contribution >= 4 is 11.6 Å². The number of hydrogen-bond donors (Lipinski definition) is 1. The average molecular weight is 220 g/mol. The van der Waals surface area contributed by atoms with Gasteiger partial charge in [-0.25, -0.2) is 0 Å². The number of hydrogen-bond acceptors (Lipinski definition) is 3. The first kappa shape index (κ1) is 10.1. The lowest BCUT2D eigenvalue weighted by atomic mass is 10.0. The fraction of sp³-hybridized carbons (Fsp3) is 0.0909. The van der Waals surface area contributed by atoms with Crippen LogP contribution in [-0.2, 0) is 0 Å². The molecule has 2 aromatic heterocycles. The summed E-state index contributed by atoms with van der Waals surface area (Å²) in [6, 6.07) is 5.34. The molecule has 0 radical (unpaired) electrons. The third-order valence-electron chi connectivity index (χ3n) is 2.18. The van der Waals surface area contributed by atoms with Crippen LogP contribution in [0.3, 0.4) is 0 Å². The van der Waals surface area contributed by atoms with Crippen LogP contribution in [0, 0.1) is 0 Å². The van der Waals surface area contributed by atoms with Gasteiger partial charge in [0, 0.05) is 24.8 Å². The molecular weight excluding hydrogens is 210 g/mol. The Morgan fingerprint density at radius 1 is 1.13 bits per heavy atom. The van der Waals surface area contributed by atoms with Gasteiger partial charge in [-0.05, 0) is 23.3 Å². The third-order valence-corrected chi connectivity index (χ3v) is 2.50. The minimum Gasteiger partial charge on any atom is -0.320 e. The molecule has 1 atom stereocenters. The molecule has 0 aliphatic rings. The molecule has 0 amide bonds. The van der Waals surface area contributed by atoms with E-state index in [1.54, 1.807) is 24.8 Å². The molecular formula is C11H10ClN3. The van der Waals surface area contributed by atoms with Crippen molar-refractivity contribution in [3.8, 4) is 0 Å². The summed E-state index contributed by atoms with van der Waals surface area (Å²) in [6.45, 7) is 0. The van der Waals surface area contributed by atoms with Gasteiger partial charge < -0.3 is 5.73 Å². The zero-order valence-electron chi connectivity index (χ0n) is 7.97. The summed E-state index contributed by atoms with van der Waals surface area (Å²) >= 11 is 6.01. The average Bonchev–Trinajstić information content (AvgIpc) is 2.30. The molecule has 0 saturated heterocycles. The van der Waals surface area contributed by atoms with Gasteiger partial charge in [-0.15, -0.1) is 0 Å². The highest BCUT2D eigenvalue weighted by Crippen LogP contribution is 2.24. The van der Waals surface area contributed by atoms with Gasteiger partial charge in [0.1, 0.15) is 0 Å². The second-order valence-corrected chi connectivity index (χ2v) is 3.57. The van der Waals surface area contributed by atoms with Gasteiger partial charge in [0.15, 0.2) is 0 Å². The lowest BCUT2D eigenvalue weighted by Crippen LogP contribution is -2.12. The molecule has 0 bridgehead atoms. The molecule has 76 valence electrons. The van der Waals surface area contributed by atoms with Crippen molar-refractivity contribution in [3.63, 3.8) is 0 Å². The van der Waals surface area contributed by atoms with E-state index in [2.05, 4.69) is 9.97 Å². The lowest BCUT2D eigenvalue weighted by molar-refractivity contribution is 0.860. The van der Waals surface area contributed by atoms with Gasteiger partial charge in [-0.3, -0.25) is 9.97 Å². The predicted molar refractivity (Wildman–Crippen MR) is 59.5 cm³/mol. The van der Waals surface area contributed by atoms with Crippen LogP contribution in [0.2, 0.25) is 5.02 Å². The monoisotopic (exact) mass is 219 g/mol. The van der Waals surface area contributed by atoms with Crippen molar-refractivity contribution in [3.05, 3.63) is 59.1 Å². The largest absolute Gasteiger partial charge is 0.320 e. The normalized spacial score (nSPS) is 12.4. The van der Waals surface area contributed by atoms with Crippen LogP contribution in [0.1, 0.15) is 17.2 Å². The highest BCUT2D eigenvalue weighted by Gasteiger charge is 2.11. The van der Waals surface area contributed by atoms with E-state index < -0.39 is 0 Å². The Labute approximate surface area is 92.9 Å². The summed E-state index contributed by atoms with van der Waals surface area (Å²) in [4.78, 5) is 7.94. The second kappa shape index (κ2) is 4.38. The van der Waals surface area contributed by atoms with Gasteiger partial charge >= 0.3 is 0 Å². The number of aromatic nitrogens is 2. The zero-order valence-corrected chi connectivity index (χ0v) is 8.72. The molecule has 2 N–H and O–H groups in total. The topological polar surface area (TPSA) is 51.8 Å². The molecule has 4 heteroatoms. The van der Waals surface area contributed by atoms with Crippen LogP contribution in [0.15, 0.2) is 43.0 Å². The molecule has 0 aliphatic heterocycles. The van der Waals surface area contributed by atoms with Gasteiger partial charge in [0.05, 0.1) is 11.1 Å². The van der Waals surface area contributed by atoms with Crippen LogP contribution in [0.4, 0.5) is 0 Å². The molecule has 1 unspecified atom stereocenters. The SMILES string of the molecule is NC(c1cccnc1)c1ccncc1Cl. The Balaban J connectivity index is 2.37. The Hall–Kier alpha value is -1.45. The fourth-order valence-electron chi connectivity index (χ4n) is 1.38. The first-order chi connectivity index (χ1) is 7.29. The number of pyridine rings is 2. The van der Waals surface area contributed by atoms with Crippen molar-refractivity contribution in [1.82, 2.24) is 9.97 Å². The summed E-state index contributed by atoms with van der Waals surface area (Å²) in [5, 5.41) is 0.578. The summed E-state index contributed by atoms with van der Waals surface area (Å²) in [7, 11) is 0. The molecule has 0 aliphatic carbocycles. The van der Waals surface area contributed by atoms with Crippen molar-refractivity contribution in [2.45, 2.75) is 6.04 Å². The number of halogens is 1. The van der Waals surface area contributed by atoms with E-state index in [9.17, 15) is 0 Å². The van der Waals surface area contributed by atoms with Crippen molar-refractivity contribution in [2.75, 3.05) is 0 Å². The van der Waals surface area contributed by atoms with E-state index in [-0.39, 0.29) is 6.04 Å². The maximum Gasteiger partial charge on any atom is 0.0640 e. The van der Waals surface area contributed by atoms with E-state index in [1.165, 1.54) is 0 Å². The van der Waals surface area contributed by atoms with E-state index in [1.807, 2.05) is 18.2 Å². The van der Waals surface area contributed by atoms with Crippen molar-refractivity contribution in [2.24, 2.45) is 5.73 Å². The Kier molecular flexibility index (Phi) is 2.94. The molecule has 2 heterocycles. The second-order valence-electron chi connectivity index (χ2n) is 3.16. The van der Waals surface area contributed by atoms with Crippen LogP contribution >= 0.6 is 11.6 Å². The standard InChI is InChI=1S/C11H10ClN3/c12-10-7-15-5-3-9(10)11(13)8-2-1-4-14-6-8/h1-7,11H,13H2. The molecule has 2 rings (SSSR count). The number of rotatable bonds is 2. The minimum absolute atomic E-state index is 0.255. The number of nitrogens with zero attached hydrogens (tertiary/aromatic N) is 2. The fourth-order valence-corrected chi connectivity index (χ4v) is 1.61. The highest BCUT2D eigenvalue weighted by atomic mass is 35.5. The molecule has 2 aromatic rings. The molecule has 0 spiro atoms.